The Hall–Kier alpha value is -2.88. The van der Waals surface area contributed by atoms with Crippen LogP contribution in [-0.2, 0) is 11.2 Å². The van der Waals surface area contributed by atoms with Gasteiger partial charge in [0.15, 0.2) is 0 Å². The highest BCUT2D eigenvalue weighted by atomic mass is 16.2. The number of amides is 2. The molecule has 0 saturated carbocycles. The molecule has 1 aliphatic carbocycles. The van der Waals surface area contributed by atoms with Crippen molar-refractivity contribution in [3.63, 3.8) is 0 Å². The van der Waals surface area contributed by atoms with E-state index in [0.29, 0.717) is 12.1 Å². The summed E-state index contributed by atoms with van der Waals surface area (Å²) in [6.07, 6.45) is 9.10. The molecule has 162 valence electrons. The van der Waals surface area contributed by atoms with E-state index in [1.807, 2.05) is 43.0 Å². The van der Waals surface area contributed by atoms with Crippen LogP contribution in [0.15, 0.2) is 54.1 Å². The maximum Gasteiger partial charge on any atom is 0.251 e. The molecule has 1 aliphatic heterocycles. The maximum absolute atomic E-state index is 12.5. The average Bonchev–Trinajstić information content (AvgIpc) is 3.22. The number of anilines is 1. The standard InChI is InChI=1S/C27H32N2O2/c1-19(2)27(31)29-17-15-24-18-23(12-13-25(24)29)21-8-10-22(11-9-21)26(30)28-16-14-20-6-4-3-5-7-20/h6,8-13,18-19H,3-5,7,14-17H2,1-2H3,(H,28,30). The van der Waals surface area contributed by atoms with Crippen LogP contribution in [0.25, 0.3) is 11.1 Å². The fourth-order valence-electron chi connectivity index (χ4n) is 4.51. The fourth-order valence-corrected chi connectivity index (χ4v) is 4.51. The number of rotatable bonds is 6. The number of allylic oxidation sites excluding steroid dienone is 1. The van der Waals surface area contributed by atoms with Crippen LogP contribution in [-0.4, -0.2) is 24.9 Å². The van der Waals surface area contributed by atoms with Gasteiger partial charge in [-0.05, 0) is 79.5 Å². The highest BCUT2D eigenvalue weighted by Gasteiger charge is 2.26. The minimum Gasteiger partial charge on any atom is -0.352 e. The molecule has 4 heteroatoms. The normalized spacial score (nSPS) is 15.6. The molecule has 1 N–H and O–H groups in total. The molecule has 4 nitrogen and oxygen atoms in total. The van der Waals surface area contributed by atoms with Crippen molar-refractivity contribution in [2.24, 2.45) is 5.92 Å². The Kier molecular flexibility index (Phi) is 6.55. The van der Waals surface area contributed by atoms with Crippen molar-refractivity contribution in [3.05, 3.63) is 65.2 Å². The lowest BCUT2D eigenvalue weighted by Crippen LogP contribution is -2.32. The van der Waals surface area contributed by atoms with Gasteiger partial charge in [-0.25, -0.2) is 0 Å². The molecule has 0 unspecified atom stereocenters. The predicted octanol–water partition coefficient (Wildman–Crippen LogP) is 5.52. The van der Waals surface area contributed by atoms with Crippen LogP contribution in [0.3, 0.4) is 0 Å². The Bertz CT molecular complexity index is 989. The number of carbonyl (C=O) groups is 2. The number of hydrogen-bond acceptors (Lipinski definition) is 2. The van der Waals surface area contributed by atoms with Crippen LogP contribution >= 0.6 is 0 Å². The number of nitrogens with zero attached hydrogens (tertiary/aromatic N) is 1. The van der Waals surface area contributed by atoms with E-state index in [2.05, 4.69) is 29.6 Å². The van der Waals surface area contributed by atoms with Crippen LogP contribution in [0.1, 0.15) is 61.9 Å². The summed E-state index contributed by atoms with van der Waals surface area (Å²) < 4.78 is 0. The first-order chi connectivity index (χ1) is 15.0. The first-order valence-electron chi connectivity index (χ1n) is 11.5. The van der Waals surface area contributed by atoms with Gasteiger partial charge in [-0.15, -0.1) is 0 Å². The minimum absolute atomic E-state index is 0.00343. The summed E-state index contributed by atoms with van der Waals surface area (Å²) in [5, 5.41) is 3.05. The number of fused-ring (bicyclic) bond motifs is 1. The zero-order valence-electron chi connectivity index (χ0n) is 18.6. The summed E-state index contributed by atoms with van der Waals surface area (Å²) in [6.45, 7) is 5.34. The first kappa shape index (κ1) is 21.4. The molecule has 0 saturated heterocycles. The summed E-state index contributed by atoms with van der Waals surface area (Å²) in [5.41, 5.74) is 6.62. The Balaban J connectivity index is 1.38. The molecule has 31 heavy (non-hydrogen) atoms. The van der Waals surface area contributed by atoms with Gasteiger partial charge in [-0.2, -0.15) is 0 Å². The van der Waals surface area contributed by atoms with E-state index in [4.69, 9.17) is 0 Å². The van der Waals surface area contributed by atoms with Crippen molar-refractivity contribution < 1.29 is 9.59 Å². The molecule has 1 heterocycles. The molecule has 0 atom stereocenters. The topological polar surface area (TPSA) is 49.4 Å². The smallest absolute Gasteiger partial charge is 0.251 e. The lowest BCUT2D eigenvalue weighted by atomic mass is 9.97. The first-order valence-corrected chi connectivity index (χ1v) is 11.5. The number of hydrogen-bond donors (Lipinski definition) is 1. The number of carbonyl (C=O) groups excluding carboxylic acids is 2. The summed E-state index contributed by atoms with van der Waals surface area (Å²) in [4.78, 5) is 26.8. The largest absolute Gasteiger partial charge is 0.352 e. The van der Waals surface area contributed by atoms with Crippen molar-refractivity contribution in [2.45, 2.75) is 52.4 Å². The van der Waals surface area contributed by atoms with Crippen LogP contribution < -0.4 is 10.2 Å². The second-order valence-electron chi connectivity index (χ2n) is 8.93. The van der Waals surface area contributed by atoms with Gasteiger partial charge < -0.3 is 10.2 Å². The van der Waals surface area contributed by atoms with E-state index in [9.17, 15) is 9.59 Å². The summed E-state index contributed by atoms with van der Waals surface area (Å²) in [6, 6.07) is 14.1. The number of benzene rings is 2. The van der Waals surface area contributed by atoms with E-state index in [1.54, 1.807) is 0 Å². The van der Waals surface area contributed by atoms with Crippen molar-refractivity contribution in [3.8, 4) is 11.1 Å². The molecule has 0 radical (unpaired) electrons. The molecular formula is C27H32N2O2. The average molecular weight is 417 g/mol. The van der Waals surface area contributed by atoms with Gasteiger partial charge in [0, 0.05) is 30.3 Å². The molecular weight excluding hydrogens is 384 g/mol. The molecule has 2 amide bonds. The molecule has 4 rings (SSSR count). The Labute approximate surface area is 185 Å². The van der Waals surface area contributed by atoms with Crippen LogP contribution in [0.4, 0.5) is 5.69 Å². The fraction of sp³-hybridized carbons (Fsp3) is 0.407. The van der Waals surface area contributed by atoms with Crippen molar-refractivity contribution >= 4 is 17.5 Å². The van der Waals surface area contributed by atoms with Crippen LogP contribution in [0, 0.1) is 5.92 Å². The van der Waals surface area contributed by atoms with Gasteiger partial charge in [-0.1, -0.05) is 43.7 Å². The lowest BCUT2D eigenvalue weighted by Gasteiger charge is -2.19. The van der Waals surface area contributed by atoms with E-state index >= 15 is 0 Å². The third-order valence-electron chi connectivity index (χ3n) is 6.33. The van der Waals surface area contributed by atoms with E-state index in [0.717, 1.165) is 36.2 Å². The molecule has 0 aromatic heterocycles. The van der Waals surface area contributed by atoms with Gasteiger partial charge in [-0.3, -0.25) is 9.59 Å². The molecule has 2 aromatic rings. The molecule has 2 aliphatic rings. The molecule has 0 bridgehead atoms. The molecule has 0 spiro atoms. The summed E-state index contributed by atoms with van der Waals surface area (Å²) in [7, 11) is 0. The SMILES string of the molecule is CC(C)C(=O)N1CCc2cc(-c3ccc(C(=O)NCCC4=CCCCC4)cc3)ccc21. The van der Waals surface area contributed by atoms with Crippen molar-refractivity contribution in [1.29, 1.82) is 0 Å². The predicted molar refractivity (Wildman–Crippen MR) is 126 cm³/mol. The third kappa shape index (κ3) is 4.90. The Morgan fingerprint density at radius 2 is 1.77 bits per heavy atom. The van der Waals surface area contributed by atoms with Gasteiger partial charge in [0.2, 0.25) is 5.91 Å². The monoisotopic (exact) mass is 416 g/mol. The minimum atomic E-state index is -0.0141. The quantitative estimate of drug-likeness (QED) is 0.631. The van der Waals surface area contributed by atoms with E-state index in [1.165, 1.54) is 36.8 Å². The highest BCUT2D eigenvalue weighted by Crippen LogP contribution is 2.33. The zero-order valence-corrected chi connectivity index (χ0v) is 18.6. The summed E-state index contributed by atoms with van der Waals surface area (Å²) >= 11 is 0. The van der Waals surface area contributed by atoms with E-state index in [-0.39, 0.29) is 17.7 Å². The highest BCUT2D eigenvalue weighted by molar-refractivity contribution is 5.97. The van der Waals surface area contributed by atoms with Gasteiger partial charge in [0.05, 0.1) is 0 Å². The van der Waals surface area contributed by atoms with Crippen molar-refractivity contribution in [1.82, 2.24) is 5.32 Å². The van der Waals surface area contributed by atoms with Crippen molar-refractivity contribution in [2.75, 3.05) is 18.0 Å². The maximum atomic E-state index is 12.5. The van der Waals surface area contributed by atoms with Crippen LogP contribution in [0.5, 0.6) is 0 Å². The Morgan fingerprint density at radius 1 is 1.00 bits per heavy atom. The third-order valence-corrected chi connectivity index (χ3v) is 6.33. The molecule has 0 fully saturated rings. The van der Waals surface area contributed by atoms with Crippen LogP contribution in [0.2, 0.25) is 0 Å². The second kappa shape index (κ2) is 9.51. The summed E-state index contributed by atoms with van der Waals surface area (Å²) in [5.74, 6) is 0.171. The number of nitrogens with one attached hydrogen (secondary N) is 1. The van der Waals surface area contributed by atoms with E-state index < -0.39 is 0 Å². The second-order valence-corrected chi connectivity index (χ2v) is 8.93. The molecule has 2 aromatic carbocycles. The Morgan fingerprint density at radius 3 is 2.48 bits per heavy atom. The van der Waals surface area contributed by atoms with Gasteiger partial charge >= 0.3 is 0 Å². The van der Waals surface area contributed by atoms with Gasteiger partial charge in [0.25, 0.3) is 5.91 Å². The van der Waals surface area contributed by atoms with Gasteiger partial charge in [0.1, 0.15) is 0 Å². The lowest BCUT2D eigenvalue weighted by molar-refractivity contribution is -0.121. The zero-order chi connectivity index (χ0) is 21.8.